The second kappa shape index (κ2) is 5.79. The monoisotopic (exact) mass is 332 g/mol. The maximum atomic E-state index is 11.4. The summed E-state index contributed by atoms with van der Waals surface area (Å²) in [5, 5.41) is 4.97. The molecule has 2 aromatic carbocycles. The SMILES string of the molecule is NC(=O)c1nc(-c2ccccc2)n(-c2ccc(Cl)c(Cl)c2)n1. The lowest BCUT2D eigenvalue weighted by molar-refractivity contribution is 0.0990. The largest absolute Gasteiger partial charge is 0.363 e. The summed E-state index contributed by atoms with van der Waals surface area (Å²) in [6.07, 6.45) is 0. The molecule has 0 fully saturated rings. The molecule has 3 aromatic rings. The van der Waals surface area contributed by atoms with Gasteiger partial charge in [0.15, 0.2) is 5.82 Å². The van der Waals surface area contributed by atoms with Crippen LogP contribution in [0.25, 0.3) is 17.1 Å². The van der Waals surface area contributed by atoms with Crippen molar-refractivity contribution in [2.75, 3.05) is 0 Å². The number of carbonyl (C=O) groups is 1. The summed E-state index contributed by atoms with van der Waals surface area (Å²) in [6.45, 7) is 0. The summed E-state index contributed by atoms with van der Waals surface area (Å²) in [5.41, 5.74) is 6.71. The second-order valence-corrected chi connectivity index (χ2v) is 5.31. The van der Waals surface area contributed by atoms with Crippen LogP contribution in [-0.2, 0) is 0 Å². The van der Waals surface area contributed by atoms with Crippen molar-refractivity contribution in [3.05, 3.63) is 64.4 Å². The van der Waals surface area contributed by atoms with Crippen molar-refractivity contribution in [1.29, 1.82) is 0 Å². The van der Waals surface area contributed by atoms with Crippen LogP contribution >= 0.6 is 23.2 Å². The fourth-order valence-electron chi connectivity index (χ4n) is 1.99. The van der Waals surface area contributed by atoms with Gasteiger partial charge >= 0.3 is 0 Å². The molecule has 2 N–H and O–H groups in total. The lowest BCUT2D eigenvalue weighted by Gasteiger charge is -2.07. The van der Waals surface area contributed by atoms with Crippen LogP contribution in [0.1, 0.15) is 10.6 Å². The van der Waals surface area contributed by atoms with Gasteiger partial charge in [0.1, 0.15) is 0 Å². The van der Waals surface area contributed by atoms with E-state index in [-0.39, 0.29) is 5.82 Å². The van der Waals surface area contributed by atoms with E-state index in [1.54, 1.807) is 18.2 Å². The maximum Gasteiger partial charge on any atom is 0.288 e. The molecular weight excluding hydrogens is 323 g/mol. The fraction of sp³-hybridized carbons (Fsp3) is 0. The molecule has 3 rings (SSSR count). The highest BCUT2D eigenvalue weighted by molar-refractivity contribution is 6.42. The summed E-state index contributed by atoms with van der Waals surface area (Å²) in [7, 11) is 0. The van der Waals surface area contributed by atoms with Gasteiger partial charge < -0.3 is 5.73 Å². The zero-order chi connectivity index (χ0) is 15.7. The third kappa shape index (κ3) is 2.68. The van der Waals surface area contributed by atoms with Gasteiger partial charge in [-0.05, 0) is 18.2 Å². The first-order valence-electron chi connectivity index (χ1n) is 6.34. The molecule has 0 aliphatic heterocycles. The molecule has 110 valence electrons. The van der Waals surface area contributed by atoms with Crippen molar-refractivity contribution >= 4 is 29.1 Å². The van der Waals surface area contributed by atoms with Gasteiger partial charge in [0.2, 0.25) is 5.82 Å². The summed E-state index contributed by atoms with van der Waals surface area (Å²) < 4.78 is 1.51. The zero-order valence-corrected chi connectivity index (χ0v) is 12.7. The normalized spacial score (nSPS) is 10.6. The number of benzene rings is 2. The van der Waals surface area contributed by atoms with Crippen LogP contribution in [0.4, 0.5) is 0 Å². The number of rotatable bonds is 3. The Labute approximate surface area is 136 Å². The average molecular weight is 333 g/mol. The predicted octanol–water partition coefficient (Wildman–Crippen LogP) is 3.34. The molecule has 22 heavy (non-hydrogen) atoms. The minimum atomic E-state index is -0.698. The first-order chi connectivity index (χ1) is 10.6. The Bertz CT molecular complexity index is 846. The molecule has 1 aromatic heterocycles. The van der Waals surface area contributed by atoms with Crippen LogP contribution in [0.3, 0.4) is 0 Å². The number of nitrogens with two attached hydrogens (primary N) is 1. The van der Waals surface area contributed by atoms with Crippen molar-refractivity contribution in [3.8, 4) is 17.1 Å². The lowest BCUT2D eigenvalue weighted by atomic mass is 10.2. The molecule has 0 spiro atoms. The Morgan fingerprint density at radius 3 is 2.41 bits per heavy atom. The van der Waals surface area contributed by atoms with Gasteiger partial charge in [-0.25, -0.2) is 9.67 Å². The van der Waals surface area contributed by atoms with Crippen LogP contribution in [0, 0.1) is 0 Å². The van der Waals surface area contributed by atoms with Crippen LogP contribution in [0.15, 0.2) is 48.5 Å². The van der Waals surface area contributed by atoms with E-state index in [4.69, 9.17) is 28.9 Å². The summed E-state index contributed by atoms with van der Waals surface area (Å²) >= 11 is 12.0. The van der Waals surface area contributed by atoms with E-state index in [1.807, 2.05) is 30.3 Å². The van der Waals surface area contributed by atoms with E-state index in [0.29, 0.717) is 21.6 Å². The van der Waals surface area contributed by atoms with E-state index >= 15 is 0 Å². The van der Waals surface area contributed by atoms with Crippen molar-refractivity contribution < 1.29 is 4.79 Å². The lowest BCUT2D eigenvalue weighted by Crippen LogP contribution is -2.13. The van der Waals surface area contributed by atoms with Gasteiger partial charge in [-0.15, -0.1) is 5.10 Å². The van der Waals surface area contributed by atoms with Crippen LogP contribution in [0.5, 0.6) is 0 Å². The smallest absolute Gasteiger partial charge is 0.288 e. The molecule has 0 bridgehead atoms. The molecule has 0 saturated heterocycles. The number of amides is 1. The predicted molar refractivity (Wildman–Crippen MR) is 85.3 cm³/mol. The first kappa shape index (κ1) is 14.6. The van der Waals surface area contributed by atoms with Crippen molar-refractivity contribution in [2.24, 2.45) is 5.73 Å². The molecule has 0 radical (unpaired) electrons. The Balaban J connectivity index is 2.21. The molecule has 7 heteroatoms. The highest BCUT2D eigenvalue weighted by Gasteiger charge is 2.17. The van der Waals surface area contributed by atoms with Crippen molar-refractivity contribution in [1.82, 2.24) is 14.8 Å². The van der Waals surface area contributed by atoms with E-state index < -0.39 is 5.91 Å². The summed E-state index contributed by atoms with van der Waals surface area (Å²) in [6, 6.07) is 14.4. The summed E-state index contributed by atoms with van der Waals surface area (Å²) in [4.78, 5) is 15.6. The van der Waals surface area contributed by atoms with Gasteiger partial charge in [0, 0.05) is 5.56 Å². The molecule has 0 unspecified atom stereocenters. The van der Waals surface area contributed by atoms with Crippen LogP contribution in [0.2, 0.25) is 10.0 Å². The van der Waals surface area contributed by atoms with Gasteiger partial charge in [0.25, 0.3) is 5.91 Å². The Morgan fingerprint density at radius 2 is 1.77 bits per heavy atom. The molecular formula is C15H10Cl2N4O. The molecule has 1 heterocycles. The Kier molecular flexibility index (Phi) is 3.83. The quantitative estimate of drug-likeness (QED) is 0.799. The van der Waals surface area contributed by atoms with Crippen LogP contribution in [-0.4, -0.2) is 20.7 Å². The standard InChI is InChI=1S/C15H10Cl2N4O/c16-11-7-6-10(8-12(11)17)21-15(9-4-2-1-3-5-9)19-14(20-21)13(18)22/h1-8H,(H2,18,22). The molecule has 0 saturated carbocycles. The highest BCUT2D eigenvalue weighted by Crippen LogP contribution is 2.27. The molecule has 0 aliphatic carbocycles. The topological polar surface area (TPSA) is 73.8 Å². The Morgan fingerprint density at radius 1 is 1.05 bits per heavy atom. The van der Waals surface area contributed by atoms with Crippen molar-refractivity contribution in [3.63, 3.8) is 0 Å². The number of carbonyl (C=O) groups excluding carboxylic acids is 1. The number of aromatic nitrogens is 3. The molecule has 5 nitrogen and oxygen atoms in total. The number of primary amides is 1. The van der Waals surface area contributed by atoms with E-state index in [2.05, 4.69) is 10.1 Å². The van der Waals surface area contributed by atoms with E-state index in [9.17, 15) is 4.79 Å². The fourth-order valence-corrected chi connectivity index (χ4v) is 2.28. The second-order valence-electron chi connectivity index (χ2n) is 4.50. The summed E-state index contributed by atoms with van der Waals surface area (Å²) in [5.74, 6) is -0.270. The van der Waals surface area contributed by atoms with Gasteiger partial charge in [-0.1, -0.05) is 53.5 Å². The minimum Gasteiger partial charge on any atom is -0.363 e. The first-order valence-corrected chi connectivity index (χ1v) is 7.09. The molecule has 0 atom stereocenters. The van der Waals surface area contributed by atoms with E-state index in [1.165, 1.54) is 4.68 Å². The third-order valence-electron chi connectivity index (χ3n) is 3.01. The van der Waals surface area contributed by atoms with Gasteiger partial charge in [-0.3, -0.25) is 4.79 Å². The van der Waals surface area contributed by atoms with Crippen LogP contribution < -0.4 is 5.73 Å². The van der Waals surface area contributed by atoms with E-state index in [0.717, 1.165) is 5.56 Å². The number of nitrogens with zero attached hydrogens (tertiary/aromatic N) is 3. The third-order valence-corrected chi connectivity index (χ3v) is 3.75. The highest BCUT2D eigenvalue weighted by atomic mass is 35.5. The number of halogens is 2. The minimum absolute atomic E-state index is 0.0649. The molecule has 1 amide bonds. The van der Waals surface area contributed by atoms with Gasteiger partial charge in [0.05, 0.1) is 15.7 Å². The average Bonchev–Trinajstić information content (AvgIpc) is 2.96. The molecule has 0 aliphatic rings. The number of hydrogen-bond acceptors (Lipinski definition) is 3. The zero-order valence-electron chi connectivity index (χ0n) is 11.2. The maximum absolute atomic E-state index is 11.4. The van der Waals surface area contributed by atoms with Gasteiger partial charge in [-0.2, -0.15) is 0 Å². The number of hydrogen-bond donors (Lipinski definition) is 1. The van der Waals surface area contributed by atoms with Crippen molar-refractivity contribution in [2.45, 2.75) is 0 Å². The Hall–Kier alpha value is -2.37.